The maximum atomic E-state index is 13.3. The minimum Gasteiger partial charge on any atom is -0.478 e. The first-order chi connectivity index (χ1) is 10.8. The lowest BCUT2D eigenvalue weighted by Gasteiger charge is -2.08. The van der Waals surface area contributed by atoms with Gasteiger partial charge >= 0.3 is 5.97 Å². The molecule has 0 spiro atoms. The van der Waals surface area contributed by atoms with Crippen molar-refractivity contribution in [1.82, 2.24) is 0 Å². The van der Waals surface area contributed by atoms with Crippen LogP contribution in [-0.4, -0.2) is 25.5 Å². The Hall–Kier alpha value is -1.77. The molecule has 0 saturated carbocycles. The number of benzene rings is 2. The van der Waals surface area contributed by atoms with Gasteiger partial charge in [0.1, 0.15) is 5.82 Å². The summed E-state index contributed by atoms with van der Waals surface area (Å²) < 4.78 is 13.6. The molecule has 0 bridgehead atoms. The second-order valence-corrected chi connectivity index (χ2v) is 7.03. The molecule has 1 N–H and O–H groups in total. The largest absolute Gasteiger partial charge is 0.478 e. The van der Waals surface area contributed by atoms with Crippen LogP contribution in [0.3, 0.4) is 0 Å². The number of carboxylic acids is 1. The minimum atomic E-state index is -1.26. The molecule has 118 valence electrons. The zero-order chi connectivity index (χ0) is 17.1. The van der Waals surface area contributed by atoms with Gasteiger partial charge in [0.15, 0.2) is 0 Å². The molecule has 2 aromatic rings. The first-order valence-electron chi connectivity index (χ1n) is 6.18. The van der Waals surface area contributed by atoms with Gasteiger partial charge in [-0.1, -0.05) is 27.5 Å². The molecular formula is C14H8BrClFNO4Si. The highest BCUT2D eigenvalue weighted by Crippen LogP contribution is 2.21. The lowest BCUT2D eigenvalue weighted by molar-refractivity contribution is -0.383. The van der Waals surface area contributed by atoms with E-state index in [9.17, 15) is 24.4 Å². The monoisotopic (exact) mass is 415 g/mol. The van der Waals surface area contributed by atoms with E-state index in [0.29, 0.717) is 15.1 Å². The summed E-state index contributed by atoms with van der Waals surface area (Å²) in [5, 5.41) is 20.9. The van der Waals surface area contributed by atoms with Gasteiger partial charge in [0.2, 0.25) is 0 Å². The quantitative estimate of drug-likeness (QED) is 0.460. The Morgan fingerprint density at radius 2 is 2.09 bits per heavy atom. The lowest BCUT2D eigenvalue weighted by Crippen LogP contribution is -2.27. The molecular weight excluding hydrogens is 409 g/mol. The van der Waals surface area contributed by atoms with E-state index in [2.05, 4.69) is 15.9 Å². The molecule has 0 aliphatic heterocycles. The van der Waals surface area contributed by atoms with Gasteiger partial charge in [0, 0.05) is 20.7 Å². The molecule has 23 heavy (non-hydrogen) atoms. The summed E-state index contributed by atoms with van der Waals surface area (Å²) in [6.45, 7) is 0. The number of hydrogen-bond acceptors (Lipinski definition) is 3. The maximum Gasteiger partial charge on any atom is 0.335 e. The molecule has 0 atom stereocenters. The first-order valence-corrected chi connectivity index (χ1v) is 8.56. The third-order valence-corrected chi connectivity index (χ3v) is 5.24. The third-order valence-electron chi connectivity index (χ3n) is 2.97. The number of rotatable bonds is 5. The smallest absolute Gasteiger partial charge is 0.335 e. The van der Waals surface area contributed by atoms with Crippen molar-refractivity contribution in [3.05, 3.63) is 66.9 Å². The van der Waals surface area contributed by atoms with Crippen molar-refractivity contribution >= 4 is 53.9 Å². The molecule has 0 aliphatic rings. The number of halogens is 3. The highest BCUT2D eigenvalue weighted by molar-refractivity contribution is 9.10. The van der Waals surface area contributed by atoms with Crippen LogP contribution in [0.4, 0.5) is 10.1 Å². The number of hydrogen-bond donors (Lipinski definition) is 1. The maximum absolute atomic E-state index is 13.3. The third kappa shape index (κ3) is 4.15. The van der Waals surface area contributed by atoms with Crippen LogP contribution < -0.4 is 5.19 Å². The van der Waals surface area contributed by atoms with Crippen LogP contribution >= 0.6 is 27.5 Å². The SMILES string of the molecule is O=C(O)c1cc(Br)cc([N+](=O)[O-])c1[Si]Cc1cc(F)ccc1Cl. The Labute approximate surface area is 146 Å². The van der Waals surface area contributed by atoms with Crippen molar-refractivity contribution in [3.8, 4) is 0 Å². The van der Waals surface area contributed by atoms with Crippen LogP contribution in [0.1, 0.15) is 15.9 Å². The van der Waals surface area contributed by atoms with Crippen molar-refractivity contribution in [2.75, 3.05) is 0 Å². The number of nitrogens with zero attached hydrogens (tertiary/aromatic N) is 1. The summed E-state index contributed by atoms with van der Waals surface area (Å²) in [6, 6.07) is 6.61. The van der Waals surface area contributed by atoms with Crippen LogP contribution in [0.15, 0.2) is 34.8 Å². The molecule has 9 heteroatoms. The van der Waals surface area contributed by atoms with Crippen LogP contribution in [-0.2, 0) is 6.04 Å². The molecule has 0 aromatic heterocycles. The second-order valence-electron chi connectivity index (χ2n) is 4.50. The number of carbonyl (C=O) groups is 1. The fourth-order valence-electron chi connectivity index (χ4n) is 1.95. The van der Waals surface area contributed by atoms with Gasteiger partial charge in [-0.2, -0.15) is 0 Å². The van der Waals surface area contributed by atoms with Gasteiger partial charge in [-0.15, -0.1) is 0 Å². The van der Waals surface area contributed by atoms with Crippen LogP contribution in [0.2, 0.25) is 5.02 Å². The molecule has 0 amide bonds. The van der Waals surface area contributed by atoms with Crippen molar-refractivity contribution in [1.29, 1.82) is 0 Å². The van der Waals surface area contributed by atoms with Gasteiger partial charge in [0.25, 0.3) is 5.69 Å². The molecule has 0 saturated heterocycles. The average molecular weight is 417 g/mol. The first kappa shape index (κ1) is 17.6. The Bertz CT molecular complexity index is 767. The summed E-state index contributed by atoms with van der Waals surface area (Å²) in [4.78, 5) is 21.9. The molecule has 2 rings (SSSR count). The Morgan fingerprint density at radius 1 is 1.39 bits per heavy atom. The Kier molecular flexibility index (Phi) is 5.50. The number of nitro benzene ring substituents is 1. The molecule has 5 nitrogen and oxygen atoms in total. The molecule has 0 fully saturated rings. The highest BCUT2D eigenvalue weighted by atomic mass is 79.9. The summed E-state index contributed by atoms with van der Waals surface area (Å²) in [6.07, 6.45) is 0. The number of nitro groups is 1. The fourth-order valence-corrected chi connectivity index (χ4v) is 4.07. The number of carboxylic acid groups (broad SMARTS) is 1. The molecule has 0 unspecified atom stereocenters. The van der Waals surface area contributed by atoms with E-state index in [-0.39, 0.29) is 32.0 Å². The zero-order valence-electron chi connectivity index (χ0n) is 11.3. The normalized spacial score (nSPS) is 10.6. The average Bonchev–Trinajstić information content (AvgIpc) is 2.48. The van der Waals surface area contributed by atoms with Crippen LogP contribution in [0.5, 0.6) is 0 Å². The van der Waals surface area contributed by atoms with Gasteiger partial charge in [-0.05, 0) is 35.9 Å². The Balaban J connectivity index is 2.43. The van der Waals surface area contributed by atoms with E-state index < -0.39 is 16.7 Å². The van der Waals surface area contributed by atoms with E-state index in [1.165, 1.54) is 30.3 Å². The minimum absolute atomic E-state index is 0.103. The molecule has 2 radical (unpaired) electrons. The zero-order valence-corrected chi connectivity index (χ0v) is 14.7. The summed E-state index contributed by atoms with van der Waals surface area (Å²) in [5.41, 5.74) is 0.0260. The van der Waals surface area contributed by atoms with Crippen molar-refractivity contribution < 1.29 is 19.2 Å². The van der Waals surface area contributed by atoms with Gasteiger partial charge < -0.3 is 5.11 Å². The number of aromatic carboxylic acids is 1. The van der Waals surface area contributed by atoms with E-state index >= 15 is 0 Å². The van der Waals surface area contributed by atoms with Crippen molar-refractivity contribution in [2.24, 2.45) is 0 Å². The predicted octanol–water partition coefficient (Wildman–Crippen LogP) is 3.38. The predicted molar refractivity (Wildman–Crippen MR) is 88.3 cm³/mol. The van der Waals surface area contributed by atoms with Crippen molar-refractivity contribution in [3.63, 3.8) is 0 Å². The van der Waals surface area contributed by atoms with Crippen LogP contribution in [0.25, 0.3) is 0 Å². The van der Waals surface area contributed by atoms with E-state index in [4.69, 9.17) is 11.6 Å². The fraction of sp³-hybridized carbons (Fsp3) is 0.0714. The Morgan fingerprint density at radius 3 is 2.70 bits per heavy atom. The van der Waals surface area contributed by atoms with Gasteiger partial charge in [-0.3, -0.25) is 10.1 Å². The lowest BCUT2D eigenvalue weighted by atomic mass is 10.2. The standard InChI is InChI=1S/C14H8BrClFNO4Si/c15-8-4-10(14(19)20)13(12(5-8)18(21)22)23-6-7-3-9(17)1-2-11(7)16/h1-5H,6H2,(H,19,20). The second kappa shape index (κ2) is 7.20. The van der Waals surface area contributed by atoms with E-state index in [1.807, 2.05) is 0 Å². The van der Waals surface area contributed by atoms with Crippen molar-refractivity contribution in [2.45, 2.75) is 6.04 Å². The molecule has 2 aromatic carbocycles. The van der Waals surface area contributed by atoms with E-state index in [1.54, 1.807) is 0 Å². The molecule has 0 heterocycles. The summed E-state index contributed by atoms with van der Waals surface area (Å²) >= 11 is 9.04. The van der Waals surface area contributed by atoms with Gasteiger partial charge in [0.05, 0.1) is 20.0 Å². The molecule has 0 aliphatic carbocycles. The van der Waals surface area contributed by atoms with Gasteiger partial charge in [-0.25, -0.2) is 9.18 Å². The summed E-state index contributed by atoms with van der Waals surface area (Å²) in [7, 11) is -0.240. The highest BCUT2D eigenvalue weighted by Gasteiger charge is 2.23. The summed E-state index contributed by atoms with van der Waals surface area (Å²) in [5.74, 6) is -1.74. The van der Waals surface area contributed by atoms with Crippen LogP contribution in [0, 0.1) is 15.9 Å². The topological polar surface area (TPSA) is 80.4 Å². The van der Waals surface area contributed by atoms with E-state index in [0.717, 1.165) is 0 Å².